The number of hydrogen-bond acceptors (Lipinski definition) is 12. The van der Waals surface area contributed by atoms with Crippen molar-refractivity contribution in [2.75, 3.05) is 32.8 Å². The number of amides is 1. The van der Waals surface area contributed by atoms with Crippen LogP contribution in [-0.4, -0.2) is 59.5 Å². The Labute approximate surface area is 295 Å². The second-order valence-corrected chi connectivity index (χ2v) is 12.0. The van der Waals surface area contributed by atoms with Crippen molar-refractivity contribution in [3.05, 3.63) is 111 Å². The third-order valence-corrected chi connectivity index (χ3v) is 8.92. The number of para-hydroxylation sites is 1. The largest absolute Gasteiger partial charge is 0.493 e. The topological polar surface area (TPSA) is 181 Å². The molecule has 4 aromatic carbocycles. The maximum atomic E-state index is 12.6. The molecule has 6 N–H and O–H groups in total. The lowest BCUT2D eigenvalue weighted by Gasteiger charge is -2.28. The van der Waals surface area contributed by atoms with Crippen molar-refractivity contribution in [2.45, 2.75) is 51.5 Å². The van der Waals surface area contributed by atoms with Crippen LogP contribution in [0.5, 0.6) is 23.0 Å². The molecule has 6 rings (SSSR count). The molecule has 4 aromatic rings. The van der Waals surface area contributed by atoms with E-state index in [4.69, 9.17) is 23.8 Å². The second-order valence-electron chi connectivity index (χ2n) is 12.0. The van der Waals surface area contributed by atoms with Crippen LogP contribution in [0.25, 0.3) is 0 Å². The zero-order valence-corrected chi connectivity index (χ0v) is 28.3. The van der Waals surface area contributed by atoms with Gasteiger partial charge < -0.3 is 54.8 Å². The number of benzene rings is 4. The molecule has 0 aliphatic carbocycles. The number of methoxy groups -OCH3 is 2. The molecule has 2 heterocycles. The number of aliphatic hydroxyl groups is 4. The molecule has 0 radical (unpaired) electrons. The highest BCUT2D eigenvalue weighted by molar-refractivity contribution is 6.02. The van der Waals surface area contributed by atoms with E-state index < -0.39 is 12.3 Å². The van der Waals surface area contributed by atoms with E-state index in [9.17, 15) is 25.2 Å². The first-order valence-electron chi connectivity index (χ1n) is 16.5. The molecule has 2 aliphatic heterocycles. The van der Waals surface area contributed by atoms with Crippen molar-refractivity contribution in [1.29, 1.82) is 0 Å². The smallest absolute Gasteiger partial charge is 0.255 e. The van der Waals surface area contributed by atoms with Crippen molar-refractivity contribution in [3.63, 3.8) is 0 Å². The van der Waals surface area contributed by atoms with E-state index in [1.807, 2.05) is 42.5 Å². The van der Waals surface area contributed by atoms with Gasteiger partial charge in [0.2, 0.25) is 5.75 Å². The van der Waals surface area contributed by atoms with Gasteiger partial charge >= 0.3 is 0 Å². The van der Waals surface area contributed by atoms with Crippen molar-refractivity contribution in [3.8, 4) is 23.0 Å². The van der Waals surface area contributed by atoms with Gasteiger partial charge in [0.15, 0.2) is 17.6 Å². The summed E-state index contributed by atoms with van der Waals surface area (Å²) in [6.07, 6.45) is 0.0259. The number of nitrogens with zero attached hydrogens (tertiary/aromatic N) is 1. The SMILES string of the molecule is COc1cc(C2CC(c3cc(CO)c(CO)c(CO)c3)=NO2)cc(OC)c1OCCCOc1ccc(C2NC(=O)c3ccccc3N2)cc1CO. The van der Waals surface area contributed by atoms with Gasteiger partial charge in [0.05, 0.1) is 65.1 Å². The van der Waals surface area contributed by atoms with Crippen LogP contribution in [0.3, 0.4) is 0 Å². The summed E-state index contributed by atoms with van der Waals surface area (Å²) in [7, 11) is 3.07. The van der Waals surface area contributed by atoms with Crippen LogP contribution in [0.4, 0.5) is 5.69 Å². The maximum Gasteiger partial charge on any atom is 0.255 e. The number of ether oxygens (including phenoxy) is 4. The van der Waals surface area contributed by atoms with Gasteiger partial charge in [-0.2, -0.15) is 0 Å². The number of nitrogens with one attached hydrogen (secondary N) is 2. The molecule has 0 aromatic heterocycles. The van der Waals surface area contributed by atoms with Crippen LogP contribution in [0, 0.1) is 0 Å². The first kappa shape index (κ1) is 35.5. The quantitative estimate of drug-likeness (QED) is 0.0978. The molecule has 2 unspecified atom stereocenters. The van der Waals surface area contributed by atoms with Gasteiger partial charge in [-0.25, -0.2) is 0 Å². The highest BCUT2D eigenvalue weighted by Gasteiger charge is 2.28. The predicted molar refractivity (Wildman–Crippen MR) is 187 cm³/mol. The second kappa shape index (κ2) is 16.1. The highest BCUT2D eigenvalue weighted by Crippen LogP contribution is 2.43. The van der Waals surface area contributed by atoms with E-state index >= 15 is 0 Å². The Kier molecular flexibility index (Phi) is 11.2. The summed E-state index contributed by atoms with van der Waals surface area (Å²) >= 11 is 0. The Morgan fingerprint density at radius 2 is 1.45 bits per heavy atom. The van der Waals surface area contributed by atoms with Gasteiger partial charge in [-0.3, -0.25) is 4.79 Å². The predicted octanol–water partition coefficient (Wildman–Crippen LogP) is 4.24. The van der Waals surface area contributed by atoms with Gasteiger partial charge in [-0.05, 0) is 70.8 Å². The summed E-state index contributed by atoms with van der Waals surface area (Å²) in [5.74, 6) is 1.68. The lowest BCUT2D eigenvalue weighted by Crippen LogP contribution is -2.38. The summed E-state index contributed by atoms with van der Waals surface area (Å²) in [6, 6.07) is 19.8. The fraction of sp³-hybridized carbons (Fsp3) is 0.316. The Morgan fingerprint density at radius 1 is 0.765 bits per heavy atom. The fourth-order valence-corrected chi connectivity index (χ4v) is 6.24. The molecular weight excluding hydrogens is 658 g/mol. The lowest BCUT2D eigenvalue weighted by atomic mass is 9.93. The Balaban J connectivity index is 1.06. The average Bonchev–Trinajstić information content (AvgIpc) is 3.67. The Morgan fingerprint density at radius 3 is 2.12 bits per heavy atom. The zero-order chi connectivity index (χ0) is 35.9. The fourth-order valence-electron chi connectivity index (χ4n) is 6.24. The monoisotopic (exact) mass is 699 g/mol. The van der Waals surface area contributed by atoms with Crippen molar-refractivity contribution in [2.24, 2.45) is 5.16 Å². The van der Waals surface area contributed by atoms with Crippen LogP contribution >= 0.6 is 0 Å². The molecule has 13 heteroatoms. The average molecular weight is 700 g/mol. The molecule has 0 saturated heterocycles. The molecule has 0 spiro atoms. The molecule has 51 heavy (non-hydrogen) atoms. The van der Waals surface area contributed by atoms with Gasteiger partial charge in [-0.1, -0.05) is 23.4 Å². The van der Waals surface area contributed by atoms with Crippen molar-refractivity contribution < 1.29 is 49.0 Å². The number of carbonyl (C=O) groups is 1. The molecule has 2 aliphatic rings. The molecular formula is C38H41N3O10. The van der Waals surface area contributed by atoms with Crippen LogP contribution in [0.2, 0.25) is 0 Å². The summed E-state index contributed by atoms with van der Waals surface area (Å²) in [5.41, 5.74) is 6.30. The van der Waals surface area contributed by atoms with Crippen LogP contribution in [0.1, 0.15) is 74.4 Å². The third kappa shape index (κ3) is 7.56. The molecule has 13 nitrogen and oxygen atoms in total. The lowest BCUT2D eigenvalue weighted by molar-refractivity contribution is 0.0852. The Hall–Kier alpha value is -5.34. The number of anilines is 1. The number of hydrogen-bond donors (Lipinski definition) is 6. The molecule has 1 amide bonds. The standard InChI is InChI=1S/C38H41N3O10/c1-47-34-15-24(33-17-31(41-51-33)23-13-25(18-42)29(21-45)26(14-23)19-43)16-35(48-2)36(34)50-11-5-10-49-32-9-8-22(12-27(32)20-44)37-39-30-7-4-3-6-28(30)38(46)40-37/h3-4,6-9,12-16,33,37,39,42-45H,5,10-11,17-21H2,1-2H3,(H,40,46). The Bertz CT molecular complexity index is 1860. The molecule has 0 saturated carbocycles. The van der Waals surface area contributed by atoms with Crippen LogP contribution in [-0.2, 0) is 31.3 Å². The third-order valence-electron chi connectivity index (χ3n) is 8.92. The normalized spacial score (nSPS) is 16.4. The van der Waals surface area contributed by atoms with E-state index in [0.29, 0.717) is 81.5 Å². The number of rotatable bonds is 15. The van der Waals surface area contributed by atoms with Crippen LogP contribution < -0.4 is 29.6 Å². The van der Waals surface area contributed by atoms with E-state index in [-0.39, 0.29) is 38.9 Å². The minimum absolute atomic E-state index is 0.171. The summed E-state index contributed by atoms with van der Waals surface area (Å²) in [4.78, 5) is 18.4. The number of oxime groups is 1. The van der Waals surface area contributed by atoms with E-state index in [2.05, 4.69) is 15.8 Å². The summed E-state index contributed by atoms with van der Waals surface area (Å²) < 4.78 is 23.4. The molecule has 2 atom stereocenters. The van der Waals surface area contributed by atoms with Crippen molar-refractivity contribution in [1.82, 2.24) is 5.32 Å². The van der Waals surface area contributed by atoms with Crippen LogP contribution in [0.15, 0.2) is 71.9 Å². The van der Waals surface area contributed by atoms with Gasteiger partial charge in [0, 0.05) is 35.2 Å². The van der Waals surface area contributed by atoms with E-state index in [0.717, 1.165) is 16.8 Å². The summed E-state index contributed by atoms with van der Waals surface area (Å²) in [6.45, 7) is -0.514. The highest BCUT2D eigenvalue weighted by atomic mass is 16.6. The minimum atomic E-state index is -0.453. The number of fused-ring (bicyclic) bond motifs is 1. The first-order valence-corrected chi connectivity index (χ1v) is 16.5. The van der Waals surface area contributed by atoms with Gasteiger partial charge in [0.1, 0.15) is 11.9 Å². The first-order chi connectivity index (χ1) is 24.9. The number of carbonyl (C=O) groups excluding carboxylic acids is 1. The van der Waals surface area contributed by atoms with E-state index in [1.165, 1.54) is 14.2 Å². The van der Waals surface area contributed by atoms with Gasteiger partial charge in [-0.15, -0.1) is 0 Å². The minimum Gasteiger partial charge on any atom is -0.493 e. The van der Waals surface area contributed by atoms with Gasteiger partial charge in [0.25, 0.3) is 5.91 Å². The van der Waals surface area contributed by atoms with E-state index in [1.54, 1.807) is 24.3 Å². The zero-order valence-electron chi connectivity index (χ0n) is 28.3. The molecule has 0 bridgehead atoms. The number of aliphatic hydroxyl groups excluding tert-OH is 4. The molecule has 0 fully saturated rings. The van der Waals surface area contributed by atoms with Crippen molar-refractivity contribution >= 4 is 17.3 Å². The molecule has 268 valence electrons. The summed E-state index contributed by atoms with van der Waals surface area (Å²) in [5, 5.41) is 50.0. The maximum absolute atomic E-state index is 12.6.